The average Bonchev–Trinajstić information content (AvgIpc) is 2.34. The molecule has 0 saturated carbocycles. The van der Waals surface area contributed by atoms with Crippen molar-refractivity contribution in [1.82, 2.24) is 0 Å². The van der Waals surface area contributed by atoms with Crippen molar-refractivity contribution >= 4 is 5.69 Å². The molecule has 1 rings (SSSR count). The topological polar surface area (TPSA) is 21.3 Å². The van der Waals surface area contributed by atoms with E-state index in [-0.39, 0.29) is 0 Å². The summed E-state index contributed by atoms with van der Waals surface area (Å²) >= 11 is 0. The van der Waals surface area contributed by atoms with Crippen LogP contribution in [0.1, 0.15) is 39.2 Å². The van der Waals surface area contributed by atoms with Gasteiger partial charge in [-0.15, -0.1) is 0 Å². The van der Waals surface area contributed by atoms with Crippen molar-refractivity contribution in [1.29, 1.82) is 0 Å². The normalized spacial score (nSPS) is 10.8. The lowest BCUT2D eigenvalue weighted by atomic mass is 10.1. The number of rotatable bonds is 7. The smallest absolute Gasteiger partial charge is 0.0736 e. The number of para-hydroxylation sites is 1. The fraction of sp³-hybridized carbons (Fsp3) is 0.571. The van der Waals surface area contributed by atoms with Gasteiger partial charge in [-0.05, 0) is 25.8 Å². The molecule has 0 bridgehead atoms. The molecule has 90 valence electrons. The molecule has 0 unspecified atom stereocenters. The molecule has 0 saturated heterocycles. The van der Waals surface area contributed by atoms with Crippen LogP contribution < -0.4 is 5.32 Å². The summed E-state index contributed by atoms with van der Waals surface area (Å²) in [5.41, 5.74) is 2.46. The predicted molar refractivity (Wildman–Crippen MR) is 69.8 cm³/mol. The van der Waals surface area contributed by atoms with Gasteiger partial charge in [0.25, 0.3) is 0 Å². The summed E-state index contributed by atoms with van der Waals surface area (Å²) in [6.07, 6.45) is 2.30. The largest absolute Gasteiger partial charge is 0.382 e. The highest BCUT2D eigenvalue weighted by Crippen LogP contribution is 2.18. The second-order valence-electron chi connectivity index (χ2n) is 3.95. The van der Waals surface area contributed by atoms with Crippen LogP contribution in [0, 0.1) is 0 Å². The SMILES string of the molecule is CCOCc1ccccc1NC(CC)CC. The van der Waals surface area contributed by atoms with E-state index in [0.717, 1.165) is 19.4 Å². The first-order valence-corrected chi connectivity index (χ1v) is 6.23. The first-order valence-electron chi connectivity index (χ1n) is 6.23. The minimum Gasteiger partial charge on any atom is -0.382 e. The molecule has 0 radical (unpaired) electrons. The van der Waals surface area contributed by atoms with Gasteiger partial charge in [0.15, 0.2) is 0 Å². The molecule has 16 heavy (non-hydrogen) atoms. The minimum atomic E-state index is 0.558. The molecule has 0 spiro atoms. The molecule has 0 aromatic heterocycles. The van der Waals surface area contributed by atoms with Crippen molar-refractivity contribution in [3.63, 3.8) is 0 Å². The van der Waals surface area contributed by atoms with Crippen LogP contribution in [0.5, 0.6) is 0 Å². The van der Waals surface area contributed by atoms with Gasteiger partial charge in [0.1, 0.15) is 0 Å². The quantitative estimate of drug-likeness (QED) is 0.755. The molecule has 0 aliphatic carbocycles. The Bertz CT molecular complexity index is 295. The fourth-order valence-corrected chi connectivity index (χ4v) is 1.71. The van der Waals surface area contributed by atoms with Crippen molar-refractivity contribution in [3.8, 4) is 0 Å². The van der Waals surface area contributed by atoms with E-state index in [4.69, 9.17) is 4.74 Å². The number of hydrogen-bond acceptors (Lipinski definition) is 2. The van der Waals surface area contributed by atoms with Crippen molar-refractivity contribution in [2.75, 3.05) is 11.9 Å². The van der Waals surface area contributed by atoms with Gasteiger partial charge < -0.3 is 10.1 Å². The second kappa shape index (κ2) is 7.29. The molecule has 0 fully saturated rings. The second-order valence-corrected chi connectivity index (χ2v) is 3.95. The summed E-state index contributed by atoms with van der Waals surface area (Å²) in [4.78, 5) is 0. The summed E-state index contributed by atoms with van der Waals surface area (Å²) in [5, 5.41) is 3.58. The van der Waals surface area contributed by atoms with E-state index in [1.165, 1.54) is 11.3 Å². The minimum absolute atomic E-state index is 0.558. The van der Waals surface area contributed by atoms with Crippen molar-refractivity contribution < 1.29 is 4.74 Å². The zero-order valence-corrected chi connectivity index (χ0v) is 10.6. The van der Waals surface area contributed by atoms with E-state index >= 15 is 0 Å². The standard InChI is InChI=1S/C14H23NO/c1-4-13(5-2)15-14-10-8-7-9-12(14)11-16-6-3/h7-10,13,15H,4-6,11H2,1-3H3. The maximum Gasteiger partial charge on any atom is 0.0736 e. The van der Waals surface area contributed by atoms with Gasteiger partial charge in [-0.1, -0.05) is 32.0 Å². The third-order valence-electron chi connectivity index (χ3n) is 2.82. The zero-order valence-electron chi connectivity index (χ0n) is 10.6. The molecule has 0 amide bonds. The Morgan fingerprint density at radius 2 is 1.81 bits per heavy atom. The van der Waals surface area contributed by atoms with Crippen molar-refractivity contribution in [3.05, 3.63) is 29.8 Å². The molecule has 2 heteroatoms. The van der Waals surface area contributed by atoms with Crippen LogP contribution >= 0.6 is 0 Å². The Morgan fingerprint density at radius 1 is 1.12 bits per heavy atom. The lowest BCUT2D eigenvalue weighted by molar-refractivity contribution is 0.134. The van der Waals surface area contributed by atoms with Crippen LogP contribution in [-0.4, -0.2) is 12.6 Å². The van der Waals surface area contributed by atoms with Crippen molar-refractivity contribution in [2.24, 2.45) is 0 Å². The van der Waals surface area contributed by atoms with Gasteiger partial charge in [-0.2, -0.15) is 0 Å². The third-order valence-corrected chi connectivity index (χ3v) is 2.82. The molecule has 1 N–H and O–H groups in total. The molecule has 0 aliphatic heterocycles. The van der Waals surface area contributed by atoms with E-state index in [0.29, 0.717) is 12.6 Å². The van der Waals surface area contributed by atoms with Gasteiger partial charge in [-0.3, -0.25) is 0 Å². The maximum absolute atomic E-state index is 5.47. The predicted octanol–water partition coefficient (Wildman–Crippen LogP) is 3.82. The van der Waals surface area contributed by atoms with E-state index in [2.05, 4.69) is 43.4 Å². The molecule has 1 aromatic carbocycles. The molecule has 0 atom stereocenters. The van der Waals surface area contributed by atoms with Crippen LogP contribution in [-0.2, 0) is 11.3 Å². The zero-order chi connectivity index (χ0) is 11.8. The Labute approximate surface area is 99.0 Å². The third kappa shape index (κ3) is 3.86. The van der Waals surface area contributed by atoms with Crippen LogP contribution in [0.4, 0.5) is 5.69 Å². The van der Waals surface area contributed by atoms with E-state index in [9.17, 15) is 0 Å². The van der Waals surface area contributed by atoms with Crippen LogP contribution in [0.2, 0.25) is 0 Å². The summed E-state index contributed by atoms with van der Waals surface area (Å²) < 4.78 is 5.47. The van der Waals surface area contributed by atoms with E-state index in [1.54, 1.807) is 0 Å². The summed E-state index contributed by atoms with van der Waals surface area (Å²) in [6, 6.07) is 8.95. The van der Waals surface area contributed by atoms with Crippen LogP contribution in [0.3, 0.4) is 0 Å². The molecule has 0 aliphatic rings. The maximum atomic E-state index is 5.47. The van der Waals surface area contributed by atoms with E-state index in [1.807, 2.05) is 6.92 Å². The van der Waals surface area contributed by atoms with Gasteiger partial charge in [0, 0.05) is 23.9 Å². The lowest BCUT2D eigenvalue weighted by Crippen LogP contribution is -2.18. The van der Waals surface area contributed by atoms with Crippen LogP contribution in [0.25, 0.3) is 0 Å². The molecule has 0 heterocycles. The lowest BCUT2D eigenvalue weighted by Gasteiger charge is -2.19. The monoisotopic (exact) mass is 221 g/mol. The highest BCUT2D eigenvalue weighted by atomic mass is 16.5. The van der Waals surface area contributed by atoms with Gasteiger partial charge in [0.05, 0.1) is 6.61 Å². The highest BCUT2D eigenvalue weighted by Gasteiger charge is 2.06. The number of hydrogen-bond donors (Lipinski definition) is 1. The Hall–Kier alpha value is -1.02. The molecular formula is C14H23NO. The van der Waals surface area contributed by atoms with Crippen molar-refractivity contribution in [2.45, 2.75) is 46.3 Å². The molecule has 1 aromatic rings. The first kappa shape index (κ1) is 13.0. The Balaban J connectivity index is 2.69. The van der Waals surface area contributed by atoms with Crippen LogP contribution in [0.15, 0.2) is 24.3 Å². The number of anilines is 1. The van der Waals surface area contributed by atoms with Gasteiger partial charge in [0.2, 0.25) is 0 Å². The number of benzene rings is 1. The number of nitrogens with one attached hydrogen (secondary N) is 1. The fourth-order valence-electron chi connectivity index (χ4n) is 1.71. The molecule has 2 nitrogen and oxygen atoms in total. The Kier molecular flexibility index (Phi) is 5.94. The first-order chi connectivity index (χ1) is 7.81. The highest BCUT2D eigenvalue weighted by molar-refractivity contribution is 5.51. The summed E-state index contributed by atoms with van der Waals surface area (Å²) in [7, 11) is 0. The summed E-state index contributed by atoms with van der Waals surface area (Å²) in [6.45, 7) is 7.91. The van der Waals surface area contributed by atoms with Gasteiger partial charge >= 0.3 is 0 Å². The Morgan fingerprint density at radius 3 is 2.44 bits per heavy atom. The summed E-state index contributed by atoms with van der Waals surface area (Å²) in [5.74, 6) is 0. The number of ether oxygens (including phenoxy) is 1. The average molecular weight is 221 g/mol. The molecular weight excluding hydrogens is 198 g/mol. The van der Waals surface area contributed by atoms with E-state index < -0.39 is 0 Å². The van der Waals surface area contributed by atoms with Gasteiger partial charge in [-0.25, -0.2) is 0 Å².